The molecule has 26 heavy (non-hydrogen) atoms. The molecule has 3 aromatic rings. The van der Waals surface area contributed by atoms with Gasteiger partial charge in [-0.25, -0.2) is 9.37 Å². The summed E-state index contributed by atoms with van der Waals surface area (Å²) in [7, 11) is 0. The summed E-state index contributed by atoms with van der Waals surface area (Å²) in [6.45, 7) is 0. The molecule has 2 aromatic heterocycles. The molecule has 0 fully saturated rings. The highest BCUT2D eigenvalue weighted by atomic mass is 19.1. The molecule has 7 heteroatoms. The number of benzene rings is 1. The molecule has 0 bridgehead atoms. The van der Waals surface area contributed by atoms with E-state index in [9.17, 15) is 9.18 Å². The molecule has 0 spiro atoms. The Balaban J connectivity index is 1.50. The SMILES string of the molecule is N[C@@H](C/C=C/CCC(=O)c1ccon1)c1nc(-c2ccccc2F)c[nH]1. The van der Waals surface area contributed by atoms with Crippen LogP contribution < -0.4 is 5.73 Å². The van der Waals surface area contributed by atoms with Crippen molar-refractivity contribution in [1.29, 1.82) is 0 Å². The van der Waals surface area contributed by atoms with Crippen molar-refractivity contribution in [3.05, 3.63) is 72.3 Å². The number of aromatic nitrogens is 3. The number of halogens is 1. The maximum atomic E-state index is 13.8. The minimum absolute atomic E-state index is 0.0618. The standard InChI is InChI=1S/C19H19FN4O2/c20-14-7-5-4-6-13(14)17-12-22-19(23-17)15(21)8-2-1-3-9-18(25)16-10-11-26-24-16/h1-2,4-7,10-12,15H,3,8-9,21H2,(H,22,23)/b2-1+/t15-/m0/s1. The molecule has 0 radical (unpaired) electrons. The Hall–Kier alpha value is -3.06. The summed E-state index contributed by atoms with van der Waals surface area (Å²) in [5, 5.41) is 3.61. The van der Waals surface area contributed by atoms with Crippen LogP contribution in [0.1, 0.15) is 41.6 Å². The van der Waals surface area contributed by atoms with Gasteiger partial charge in [0.1, 0.15) is 23.6 Å². The second-order valence-corrected chi connectivity index (χ2v) is 5.81. The number of carbonyl (C=O) groups is 1. The molecule has 6 nitrogen and oxygen atoms in total. The van der Waals surface area contributed by atoms with Gasteiger partial charge in [-0.1, -0.05) is 29.4 Å². The lowest BCUT2D eigenvalue weighted by atomic mass is 10.1. The highest BCUT2D eigenvalue weighted by Gasteiger charge is 2.12. The van der Waals surface area contributed by atoms with Gasteiger partial charge in [-0.15, -0.1) is 0 Å². The van der Waals surface area contributed by atoms with Crippen molar-refractivity contribution in [2.45, 2.75) is 25.3 Å². The molecular formula is C19H19FN4O2. The fraction of sp³-hybridized carbons (Fsp3) is 0.211. The molecule has 0 saturated heterocycles. The van der Waals surface area contributed by atoms with Crippen molar-refractivity contribution in [3.63, 3.8) is 0 Å². The number of aromatic amines is 1. The molecule has 0 unspecified atom stereocenters. The van der Waals surface area contributed by atoms with Gasteiger partial charge in [0, 0.05) is 24.2 Å². The average Bonchev–Trinajstić information content (AvgIpc) is 3.33. The molecule has 0 saturated carbocycles. The molecular weight excluding hydrogens is 335 g/mol. The minimum Gasteiger partial charge on any atom is -0.364 e. The van der Waals surface area contributed by atoms with Gasteiger partial charge < -0.3 is 15.2 Å². The van der Waals surface area contributed by atoms with E-state index in [1.54, 1.807) is 30.5 Å². The van der Waals surface area contributed by atoms with Gasteiger partial charge in [-0.3, -0.25) is 4.79 Å². The molecule has 0 aliphatic rings. The summed E-state index contributed by atoms with van der Waals surface area (Å²) in [5.41, 5.74) is 7.41. The van der Waals surface area contributed by atoms with E-state index in [2.05, 4.69) is 19.6 Å². The van der Waals surface area contributed by atoms with E-state index in [0.29, 0.717) is 42.0 Å². The number of H-pyrrole nitrogens is 1. The zero-order valence-corrected chi connectivity index (χ0v) is 14.1. The van der Waals surface area contributed by atoms with Crippen LogP contribution in [0.3, 0.4) is 0 Å². The Morgan fingerprint density at radius 3 is 2.92 bits per heavy atom. The lowest BCUT2D eigenvalue weighted by Gasteiger charge is -2.04. The number of nitrogens with one attached hydrogen (secondary N) is 1. The predicted octanol–water partition coefficient (Wildman–Crippen LogP) is 3.81. The highest BCUT2D eigenvalue weighted by molar-refractivity contribution is 5.93. The van der Waals surface area contributed by atoms with Crippen LogP contribution >= 0.6 is 0 Å². The number of allylic oxidation sites excluding steroid dienone is 1. The summed E-state index contributed by atoms with van der Waals surface area (Å²) in [6, 6.07) is 7.68. The number of nitrogens with two attached hydrogens (primary N) is 1. The third-order valence-electron chi connectivity index (χ3n) is 3.92. The van der Waals surface area contributed by atoms with Crippen LogP contribution in [0.2, 0.25) is 0 Å². The fourth-order valence-corrected chi connectivity index (χ4v) is 2.50. The third-order valence-corrected chi connectivity index (χ3v) is 3.92. The first-order valence-electron chi connectivity index (χ1n) is 8.29. The van der Waals surface area contributed by atoms with E-state index in [4.69, 9.17) is 5.73 Å². The summed E-state index contributed by atoms with van der Waals surface area (Å²) < 4.78 is 18.5. The molecule has 3 rings (SSSR count). The average molecular weight is 354 g/mol. The number of carbonyl (C=O) groups excluding carboxylic acids is 1. The molecule has 2 heterocycles. The quantitative estimate of drug-likeness (QED) is 0.473. The Morgan fingerprint density at radius 2 is 2.15 bits per heavy atom. The highest BCUT2D eigenvalue weighted by Crippen LogP contribution is 2.22. The molecule has 3 N–H and O–H groups in total. The van der Waals surface area contributed by atoms with Crippen LogP contribution in [0.5, 0.6) is 0 Å². The number of Topliss-reactive ketones (excluding diaryl/α,β-unsaturated/α-hetero) is 1. The van der Waals surface area contributed by atoms with Gasteiger partial charge in [0.2, 0.25) is 0 Å². The maximum Gasteiger partial charge on any atom is 0.185 e. The molecule has 1 atom stereocenters. The Bertz CT molecular complexity index is 887. The number of imidazole rings is 1. The van der Waals surface area contributed by atoms with Crippen molar-refractivity contribution in [1.82, 2.24) is 15.1 Å². The van der Waals surface area contributed by atoms with Gasteiger partial charge in [-0.05, 0) is 25.0 Å². The normalized spacial score (nSPS) is 12.5. The molecule has 1 aromatic carbocycles. The first kappa shape index (κ1) is 17.8. The molecule has 0 aliphatic carbocycles. The second-order valence-electron chi connectivity index (χ2n) is 5.81. The van der Waals surface area contributed by atoms with Crippen LogP contribution in [-0.2, 0) is 0 Å². The van der Waals surface area contributed by atoms with Crippen LogP contribution in [-0.4, -0.2) is 20.9 Å². The lowest BCUT2D eigenvalue weighted by molar-refractivity contribution is 0.0975. The van der Waals surface area contributed by atoms with E-state index in [1.165, 1.54) is 12.3 Å². The van der Waals surface area contributed by atoms with Crippen molar-refractivity contribution in [2.24, 2.45) is 5.73 Å². The molecule has 0 amide bonds. The minimum atomic E-state index is -0.335. The predicted molar refractivity (Wildman–Crippen MR) is 94.7 cm³/mol. The lowest BCUT2D eigenvalue weighted by Crippen LogP contribution is -2.10. The van der Waals surface area contributed by atoms with Gasteiger partial charge in [0.05, 0.1) is 11.7 Å². The number of ketones is 1. The van der Waals surface area contributed by atoms with Crippen LogP contribution in [0.25, 0.3) is 11.3 Å². The van der Waals surface area contributed by atoms with E-state index >= 15 is 0 Å². The fourth-order valence-electron chi connectivity index (χ4n) is 2.50. The van der Waals surface area contributed by atoms with Gasteiger partial charge in [0.25, 0.3) is 0 Å². The van der Waals surface area contributed by atoms with E-state index in [-0.39, 0.29) is 17.6 Å². The Labute approximate surface area is 149 Å². The largest absolute Gasteiger partial charge is 0.364 e. The van der Waals surface area contributed by atoms with Crippen LogP contribution in [0.4, 0.5) is 4.39 Å². The van der Waals surface area contributed by atoms with E-state index in [1.807, 2.05) is 12.2 Å². The van der Waals surface area contributed by atoms with Crippen LogP contribution in [0, 0.1) is 5.82 Å². The van der Waals surface area contributed by atoms with Gasteiger partial charge in [-0.2, -0.15) is 0 Å². The maximum absolute atomic E-state index is 13.8. The van der Waals surface area contributed by atoms with Crippen molar-refractivity contribution in [2.75, 3.05) is 0 Å². The number of hydrogen-bond acceptors (Lipinski definition) is 5. The number of rotatable bonds is 8. The summed E-state index contributed by atoms with van der Waals surface area (Å²) in [5.74, 6) is 0.204. The smallest absolute Gasteiger partial charge is 0.185 e. The number of nitrogens with zero attached hydrogens (tertiary/aromatic N) is 2. The molecule has 0 aliphatic heterocycles. The number of hydrogen-bond donors (Lipinski definition) is 2. The molecule has 134 valence electrons. The van der Waals surface area contributed by atoms with Crippen molar-refractivity contribution in [3.8, 4) is 11.3 Å². The Kier molecular flexibility index (Phi) is 5.70. The van der Waals surface area contributed by atoms with E-state index < -0.39 is 0 Å². The van der Waals surface area contributed by atoms with Gasteiger partial charge >= 0.3 is 0 Å². The summed E-state index contributed by atoms with van der Waals surface area (Å²) >= 11 is 0. The summed E-state index contributed by atoms with van der Waals surface area (Å²) in [4.78, 5) is 19.1. The first-order chi connectivity index (χ1) is 12.6. The van der Waals surface area contributed by atoms with Gasteiger partial charge in [0.15, 0.2) is 5.78 Å². The topological polar surface area (TPSA) is 97.8 Å². The third kappa shape index (κ3) is 4.31. The van der Waals surface area contributed by atoms with Crippen LogP contribution in [0.15, 0.2) is 59.5 Å². The monoisotopic (exact) mass is 354 g/mol. The van der Waals surface area contributed by atoms with Crippen molar-refractivity contribution < 1.29 is 13.7 Å². The van der Waals surface area contributed by atoms with Crippen molar-refractivity contribution >= 4 is 5.78 Å². The van der Waals surface area contributed by atoms with E-state index in [0.717, 1.165) is 0 Å². The summed E-state index contributed by atoms with van der Waals surface area (Å²) in [6.07, 6.45) is 8.34. The second kappa shape index (κ2) is 8.35. The Morgan fingerprint density at radius 1 is 1.31 bits per heavy atom. The first-order valence-corrected chi connectivity index (χ1v) is 8.29. The zero-order valence-electron chi connectivity index (χ0n) is 14.1. The zero-order chi connectivity index (χ0) is 18.4.